The van der Waals surface area contributed by atoms with E-state index in [4.69, 9.17) is 14.2 Å². The molecule has 0 aliphatic heterocycles. The van der Waals surface area contributed by atoms with E-state index < -0.39 is 11.8 Å². The molecule has 1 saturated carbocycles. The van der Waals surface area contributed by atoms with E-state index in [9.17, 15) is 5.11 Å². The number of unbranched alkanes of at least 4 members (excludes halogenated alkanes) is 2. The van der Waals surface area contributed by atoms with Crippen LogP contribution in [0.3, 0.4) is 0 Å². The highest BCUT2D eigenvalue weighted by Gasteiger charge is 2.49. The smallest absolute Gasteiger partial charge is 0.148 e. The fourth-order valence-electron chi connectivity index (χ4n) is 4.32. The fourth-order valence-corrected chi connectivity index (χ4v) is 4.32. The molecule has 176 valence electrons. The molecule has 1 fully saturated rings. The molecule has 2 aromatic rings. The maximum absolute atomic E-state index is 10.4. The lowest BCUT2D eigenvalue weighted by atomic mass is 10.1. The molecule has 0 aromatic heterocycles. The molecule has 3 rings (SSSR count). The molecule has 0 saturated heterocycles. The Hall–Kier alpha value is -1.76. The summed E-state index contributed by atoms with van der Waals surface area (Å²) >= 11 is 0. The Kier molecular flexibility index (Phi) is 10.2. The topological polar surface area (TPSA) is 60.0 Å². The van der Waals surface area contributed by atoms with Crippen LogP contribution in [0.1, 0.15) is 56.6 Å². The number of benzene rings is 2. The van der Waals surface area contributed by atoms with Gasteiger partial charge in [0.2, 0.25) is 0 Å². The third kappa shape index (κ3) is 7.39. The first-order chi connectivity index (χ1) is 15.6. The Morgan fingerprint density at radius 2 is 1.59 bits per heavy atom. The molecule has 0 spiro atoms. The summed E-state index contributed by atoms with van der Waals surface area (Å²) in [5.74, 6) is 0. The molecule has 0 amide bonds. The van der Waals surface area contributed by atoms with Gasteiger partial charge in [-0.2, -0.15) is 0 Å². The number of ether oxygens (including phenoxy) is 3. The monoisotopic (exact) mass is 441 g/mol. The van der Waals surface area contributed by atoms with Gasteiger partial charge in [-0.15, -0.1) is 0 Å². The van der Waals surface area contributed by atoms with Gasteiger partial charge in [-0.25, -0.2) is 0 Å². The van der Waals surface area contributed by atoms with E-state index in [1.807, 2.05) is 43.4 Å². The Morgan fingerprint density at radius 1 is 0.969 bits per heavy atom. The van der Waals surface area contributed by atoms with Crippen molar-refractivity contribution >= 4 is 0 Å². The van der Waals surface area contributed by atoms with Crippen LogP contribution in [0.2, 0.25) is 0 Å². The highest BCUT2D eigenvalue weighted by atomic mass is 16.6. The number of aliphatic hydroxyl groups excluding tert-OH is 1. The summed E-state index contributed by atoms with van der Waals surface area (Å²) in [5.41, 5.74) is 1.61. The minimum absolute atomic E-state index is 0.0145. The van der Waals surface area contributed by atoms with E-state index in [1.54, 1.807) is 0 Å². The average molecular weight is 442 g/mol. The van der Waals surface area contributed by atoms with Crippen LogP contribution >= 0.6 is 0 Å². The van der Waals surface area contributed by atoms with Gasteiger partial charge in [0.1, 0.15) is 11.8 Å². The predicted octanol–water partition coefficient (Wildman–Crippen LogP) is 4.82. The summed E-state index contributed by atoms with van der Waals surface area (Å²) in [6, 6.07) is 20.4. The normalized spacial score (nSPS) is 24.0. The van der Waals surface area contributed by atoms with E-state index in [2.05, 4.69) is 36.5 Å². The molecule has 5 nitrogen and oxygen atoms in total. The zero-order valence-electron chi connectivity index (χ0n) is 19.5. The number of hydrogen-bond donors (Lipinski definition) is 2. The lowest BCUT2D eigenvalue weighted by Gasteiger charge is -2.35. The largest absolute Gasteiger partial charge is 0.391 e. The summed E-state index contributed by atoms with van der Waals surface area (Å²) in [7, 11) is 1.90. The molecule has 2 aromatic carbocycles. The minimum Gasteiger partial charge on any atom is -0.391 e. The number of hydrogen-bond acceptors (Lipinski definition) is 5. The third-order valence-electron chi connectivity index (χ3n) is 6.25. The summed E-state index contributed by atoms with van der Waals surface area (Å²) in [4.78, 5) is 0. The molecular formula is C27H39NO4. The van der Waals surface area contributed by atoms with Crippen LogP contribution in [0, 0.1) is 0 Å². The second-order valence-corrected chi connectivity index (χ2v) is 8.74. The van der Waals surface area contributed by atoms with Crippen LogP contribution in [0.4, 0.5) is 0 Å². The molecule has 5 heteroatoms. The van der Waals surface area contributed by atoms with E-state index in [1.165, 1.54) is 0 Å². The fraction of sp³-hybridized carbons (Fsp3) is 0.556. The van der Waals surface area contributed by atoms with Crippen molar-refractivity contribution in [3.63, 3.8) is 0 Å². The van der Waals surface area contributed by atoms with Gasteiger partial charge in [-0.1, -0.05) is 86.8 Å². The second-order valence-electron chi connectivity index (χ2n) is 8.74. The first-order valence-electron chi connectivity index (χ1n) is 12.0. The number of aliphatic hydroxyl groups is 1. The van der Waals surface area contributed by atoms with Crippen LogP contribution in [0.25, 0.3) is 0 Å². The maximum Gasteiger partial charge on any atom is 0.148 e. The van der Waals surface area contributed by atoms with E-state index in [0.717, 1.165) is 43.2 Å². The quantitative estimate of drug-likeness (QED) is 0.325. The zero-order chi connectivity index (χ0) is 22.7. The van der Waals surface area contributed by atoms with Gasteiger partial charge in [0.05, 0.1) is 32.0 Å². The molecule has 4 atom stereocenters. The Morgan fingerprint density at radius 3 is 2.19 bits per heavy atom. The molecule has 0 heterocycles. The number of nitrogens with one attached hydrogen (secondary N) is 1. The van der Waals surface area contributed by atoms with Crippen LogP contribution in [-0.4, -0.2) is 42.8 Å². The van der Waals surface area contributed by atoms with Gasteiger partial charge >= 0.3 is 0 Å². The third-order valence-corrected chi connectivity index (χ3v) is 6.25. The van der Waals surface area contributed by atoms with E-state index in [0.29, 0.717) is 26.2 Å². The number of rotatable bonds is 14. The number of likely N-dealkylation sites (N-methyl/N-ethyl adjacent to an activating group) is 1. The van der Waals surface area contributed by atoms with Gasteiger partial charge in [0.25, 0.3) is 0 Å². The van der Waals surface area contributed by atoms with Crippen molar-refractivity contribution in [2.24, 2.45) is 0 Å². The first-order valence-corrected chi connectivity index (χ1v) is 12.0. The Balaban J connectivity index is 1.62. The molecule has 1 aliphatic rings. The van der Waals surface area contributed by atoms with Crippen molar-refractivity contribution in [1.82, 2.24) is 5.32 Å². The van der Waals surface area contributed by atoms with Crippen molar-refractivity contribution in [3.8, 4) is 0 Å². The average Bonchev–Trinajstić information content (AvgIpc) is 3.19. The van der Waals surface area contributed by atoms with Crippen molar-refractivity contribution in [1.29, 1.82) is 0 Å². The van der Waals surface area contributed by atoms with Crippen LogP contribution < -0.4 is 5.32 Å². The van der Waals surface area contributed by atoms with Gasteiger partial charge < -0.3 is 19.3 Å². The lowest BCUT2D eigenvalue weighted by molar-refractivity contribution is -0.165. The predicted molar refractivity (Wildman–Crippen MR) is 127 cm³/mol. The highest BCUT2D eigenvalue weighted by Crippen LogP contribution is 2.36. The summed E-state index contributed by atoms with van der Waals surface area (Å²) in [6.07, 6.45) is 4.85. The highest BCUT2D eigenvalue weighted by molar-refractivity contribution is 5.14. The summed E-state index contributed by atoms with van der Waals surface area (Å²) in [6.45, 7) is 3.54. The van der Waals surface area contributed by atoms with Crippen LogP contribution in [0.5, 0.6) is 0 Å². The van der Waals surface area contributed by atoms with Gasteiger partial charge in [0, 0.05) is 12.8 Å². The maximum atomic E-state index is 10.4. The Labute approximate surface area is 193 Å². The van der Waals surface area contributed by atoms with E-state index >= 15 is 0 Å². The lowest BCUT2D eigenvalue weighted by Crippen LogP contribution is -2.53. The van der Waals surface area contributed by atoms with E-state index in [-0.39, 0.29) is 12.2 Å². The van der Waals surface area contributed by atoms with Crippen LogP contribution in [0.15, 0.2) is 60.7 Å². The molecule has 1 unspecified atom stereocenters. The summed E-state index contributed by atoms with van der Waals surface area (Å²) in [5, 5.41) is 13.8. The minimum atomic E-state index is -0.679. The first kappa shape index (κ1) is 24.9. The van der Waals surface area contributed by atoms with Crippen LogP contribution in [-0.2, 0) is 27.4 Å². The molecular weight excluding hydrogens is 402 g/mol. The SMILES string of the molecule is CCCCCC(O)CO[C@]1(NC)C[C@H](OCc2ccccc2)C[C@@H]1OCc1ccccc1. The molecule has 0 radical (unpaired) electrons. The standard InChI is InChI=1S/C27H39NO4/c1-3-4-7-16-24(29)21-32-27(28-2)18-25(30-19-22-12-8-5-9-13-22)17-26(27)31-20-23-14-10-6-11-15-23/h5-6,8-15,24-26,28-29H,3-4,7,16-21H2,1-2H3/t24?,25-,26+,27-/m1/s1. The second kappa shape index (κ2) is 13.1. The molecule has 32 heavy (non-hydrogen) atoms. The molecule has 1 aliphatic carbocycles. The van der Waals surface area contributed by atoms with Gasteiger partial charge in [-0.05, 0) is 24.6 Å². The summed E-state index contributed by atoms with van der Waals surface area (Å²) < 4.78 is 19.0. The van der Waals surface area contributed by atoms with Gasteiger partial charge in [-0.3, -0.25) is 5.32 Å². The zero-order valence-corrected chi connectivity index (χ0v) is 19.5. The van der Waals surface area contributed by atoms with Crippen molar-refractivity contribution in [2.45, 2.75) is 82.7 Å². The Bertz CT molecular complexity index is 757. The van der Waals surface area contributed by atoms with Crippen molar-refractivity contribution < 1.29 is 19.3 Å². The molecule has 0 bridgehead atoms. The van der Waals surface area contributed by atoms with Crippen molar-refractivity contribution in [3.05, 3.63) is 71.8 Å². The van der Waals surface area contributed by atoms with Gasteiger partial charge in [0.15, 0.2) is 0 Å². The van der Waals surface area contributed by atoms with Crippen molar-refractivity contribution in [2.75, 3.05) is 13.7 Å². The molecule has 2 N–H and O–H groups in total.